The number of halogens is 1. The van der Waals surface area contributed by atoms with Gasteiger partial charge in [0.25, 0.3) is 0 Å². The van der Waals surface area contributed by atoms with Gasteiger partial charge in [-0.15, -0.1) is 11.3 Å². The van der Waals surface area contributed by atoms with Crippen LogP contribution in [0.4, 0.5) is 4.39 Å². The van der Waals surface area contributed by atoms with Gasteiger partial charge >= 0.3 is 0 Å². The number of benzene rings is 1. The van der Waals surface area contributed by atoms with Crippen molar-refractivity contribution in [3.05, 3.63) is 46.5 Å². The van der Waals surface area contributed by atoms with Gasteiger partial charge in [0.15, 0.2) is 11.5 Å². The molecule has 6 nitrogen and oxygen atoms in total. The van der Waals surface area contributed by atoms with Gasteiger partial charge in [-0.25, -0.2) is 18.9 Å². The average molecular weight is 392 g/mol. The summed E-state index contributed by atoms with van der Waals surface area (Å²) < 4.78 is 17.2. The summed E-state index contributed by atoms with van der Waals surface area (Å²) in [4.78, 5) is 8.92. The molecular weight excluding hydrogens is 375 g/mol. The molecular formula is C20H17FN6S. The molecule has 0 atom stereocenters. The number of nitrogens with zero attached hydrogens (tertiary/aromatic N) is 5. The zero-order valence-electron chi connectivity index (χ0n) is 15.2. The van der Waals surface area contributed by atoms with E-state index < -0.39 is 0 Å². The van der Waals surface area contributed by atoms with Gasteiger partial charge in [0.05, 0.1) is 32.9 Å². The van der Waals surface area contributed by atoms with Crippen molar-refractivity contribution >= 4 is 27.2 Å². The summed E-state index contributed by atoms with van der Waals surface area (Å²) in [5, 5.41) is 18.4. The van der Waals surface area contributed by atoms with Crippen LogP contribution in [-0.2, 0) is 0 Å². The number of aromatic nitrogens is 4. The van der Waals surface area contributed by atoms with Gasteiger partial charge in [-0.05, 0) is 51.1 Å². The van der Waals surface area contributed by atoms with E-state index in [-0.39, 0.29) is 5.82 Å². The summed E-state index contributed by atoms with van der Waals surface area (Å²) >= 11 is 1.55. The van der Waals surface area contributed by atoms with Gasteiger partial charge in [0.1, 0.15) is 11.6 Å². The molecule has 0 bridgehead atoms. The van der Waals surface area contributed by atoms with Gasteiger partial charge in [-0.1, -0.05) is 0 Å². The quantitative estimate of drug-likeness (QED) is 0.561. The molecule has 0 radical (unpaired) electrons. The first-order chi connectivity index (χ1) is 13.6. The largest absolute Gasteiger partial charge is 0.317 e. The fraction of sp³-hybridized carbons (Fsp3) is 0.300. The second-order valence-corrected chi connectivity index (χ2v) is 8.15. The standard InChI is InChI=1S/C20H17FN6S/c1-11-10-27-19(24-11)14(9-22)7-16(26-27)13-6-15(21)18-17(8-13)28-20(25-18)12-2-4-23-5-3-12/h6-8,10,12,23H,2-5H2,1H3. The van der Waals surface area contributed by atoms with Crippen LogP contribution < -0.4 is 5.32 Å². The molecule has 1 aliphatic rings. The van der Waals surface area contributed by atoms with Gasteiger partial charge in [0.2, 0.25) is 0 Å². The topological polar surface area (TPSA) is 78.9 Å². The van der Waals surface area contributed by atoms with E-state index in [0.29, 0.717) is 33.9 Å². The molecule has 0 spiro atoms. The van der Waals surface area contributed by atoms with Crippen LogP contribution in [0.15, 0.2) is 24.4 Å². The van der Waals surface area contributed by atoms with Gasteiger partial charge in [-0.3, -0.25) is 0 Å². The predicted molar refractivity (Wildman–Crippen MR) is 106 cm³/mol. The van der Waals surface area contributed by atoms with E-state index in [1.165, 1.54) is 6.07 Å². The second-order valence-electron chi connectivity index (χ2n) is 7.09. The molecule has 0 saturated carbocycles. The third-order valence-corrected chi connectivity index (χ3v) is 6.28. The number of fused-ring (bicyclic) bond motifs is 2. The number of thiazole rings is 1. The predicted octanol–water partition coefficient (Wildman–Crippen LogP) is 3.79. The Morgan fingerprint density at radius 1 is 1.25 bits per heavy atom. The molecule has 1 saturated heterocycles. The Labute approximate surface area is 164 Å². The maximum absolute atomic E-state index is 14.8. The van der Waals surface area contributed by atoms with Crippen molar-refractivity contribution in [1.82, 2.24) is 24.9 Å². The molecule has 0 aliphatic carbocycles. The van der Waals surface area contributed by atoms with E-state index in [2.05, 4.69) is 26.5 Å². The van der Waals surface area contributed by atoms with Crippen LogP contribution in [0.25, 0.3) is 27.1 Å². The van der Waals surface area contributed by atoms with E-state index in [0.717, 1.165) is 41.3 Å². The van der Waals surface area contributed by atoms with Crippen molar-refractivity contribution < 1.29 is 4.39 Å². The Balaban J connectivity index is 1.63. The molecule has 0 amide bonds. The minimum absolute atomic E-state index is 0.355. The zero-order chi connectivity index (χ0) is 19.3. The van der Waals surface area contributed by atoms with E-state index in [9.17, 15) is 9.65 Å². The van der Waals surface area contributed by atoms with Crippen molar-refractivity contribution in [1.29, 1.82) is 5.26 Å². The fourth-order valence-electron chi connectivity index (χ4n) is 3.71. The molecule has 1 aliphatic heterocycles. The molecule has 1 N–H and O–H groups in total. The van der Waals surface area contributed by atoms with Crippen LogP contribution in [0, 0.1) is 24.1 Å². The highest BCUT2D eigenvalue weighted by Crippen LogP contribution is 2.35. The van der Waals surface area contributed by atoms with Crippen LogP contribution >= 0.6 is 11.3 Å². The molecule has 1 fully saturated rings. The second kappa shape index (κ2) is 6.62. The SMILES string of the molecule is Cc1cn2nc(-c3cc(F)c4nc(C5CCNCC5)sc4c3)cc(C#N)c2n1. The van der Waals surface area contributed by atoms with Crippen molar-refractivity contribution in [3.63, 3.8) is 0 Å². The lowest BCUT2D eigenvalue weighted by Crippen LogP contribution is -2.26. The maximum Gasteiger partial charge on any atom is 0.171 e. The summed E-state index contributed by atoms with van der Waals surface area (Å²) in [5.41, 5.74) is 3.29. The van der Waals surface area contributed by atoms with Crippen LogP contribution in [0.2, 0.25) is 0 Å². The number of hydrogen-bond donors (Lipinski definition) is 1. The number of piperidine rings is 1. The number of rotatable bonds is 2. The Morgan fingerprint density at radius 3 is 2.86 bits per heavy atom. The highest BCUT2D eigenvalue weighted by atomic mass is 32.1. The Bertz CT molecular complexity index is 1250. The third-order valence-electron chi connectivity index (χ3n) is 5.12. The Hall–Kier alpha value is -2.89. The van der Waals surface area contributed by atoms with Crippen LogP contribution in [-0.4, -0.2) is 32.7 Å². The average Bonchev–Trinajstić information content (AvgIpc) is 3.30. The molecule has 4 heterocycles. The van der Waals surface area contributed by atoms with Crippen molar-refractivity contribution in [3.8, 4) is 17.3 Å². The van der Waals surface area contributed by atoms with Gasteiger partial charge < -0.3 is 5.32 Å². The summed E-state index contributed by atoms with van der Waals surface area (Å²) in [7, 11) is 0. The Kier molecular flexibility index (Phi) is 4.07. The number of nitriles is 1. The minimum atomic E-state index is -0.355. The summed E-state index contributed by atoms with van der Waals surface area (Å²) in [6, 6.07) is 7.19. The molecule has 1 aromatic carbocycles. The van der Waals surface area contributed by atoms with E-state index in [4.69, 9.17) is 0 Å². The van der Waals surface area contributed by atoms with E-state index >= 15 is 0 Å². The molecule has 4 aromatic rings. The summed E-state index contributed by atoms with van der Waals surface area (Å²) in [6.45, 7) is 3.79. The molecule has 0 unspecified atom stereocenters. The lowest BCUT2D eigenvalue weighted by molar-refractivity contribution is 0.459. The van der Waals surface area contributed by atoms with E-state index in [1.54, 1.807) is 28.1 Å². The van der Waals surface area contributed by atoms with Gasteiger partial charge in [0, 0.05) is 11.5 Å². The highest BCUT2D eigenvalue weighted by molar-refractivity contribution is 7.18. The number of imidazole rings is 1. The summed E-state index contributed by atoms with van der Waals surface area (Å²) in [6.07, 6.45) is 3.81. The number of hydrogen-bond acceptors (Lipinski definition) is 6. The number of nitrogens with one attached hydrogen (secondary N) is 1. The van der Waals surface area contributed by atoms with Crippen LogP contribution in [0.5, 0.6) is 0 Å². The fourth-order valence-corrected chi connectivity index (χ4v) is 4.90. The lowest BCUT2D eigenvalue weighted by Gasteiger charge is -2.20. The third kappa shape index (κ3) is 2.84. The zero-order valence-corrected chi connectivity index (χ0v) is 16.1. The molecule has 8 heteroatoms. The first-order valence-electron chi connectivity index (χ1n) is 9.20. The Morgan fingerprint density at radius 2 is 2.07 bits per heavy atom. The van der Waals surface area contributed by atoms with Crippen LogP contribution in [0.1, 0.15) is 35.0 Å². The molecule has 3 aromatic heterocycles. The maximum atomic E-state index is 14.8. The molecule has 140 valence electrons. The normalized spacial score (nSPS) is 15.3. The minimum Gasteiger partial charge on any atom is -0.317 e. The lowest BCUT2D eigenvalue weighted by atomic mass is 9.99. The first-order valence-corrected chi connectivity index (χ1v) is 10.0. The smallest absolute Gasteiger partial charge is 0.171 e. The highest BCUT2D eigenvalue weighted by Gasteiger charge is 2.21. The summed E-state index contributed by atoms with van der Waals surface area (Å²) in [5.74, 6) is 0.0289. The number of aryl methyl sites for hydroxylation is 1. The van der Waals surface area contributed by atoms with Crippen molar-refractivity contribution in [2.75, 3.05) is 13.1 Å². The molecule has 28 heavy (non-hydrogen) atoms. The van der Waals surface area contributed by atoms with Crippen molar-refractivity contribution in [2.24, 2.45) is 0 Å². The first kappa shape index (κ1) is 17.2. The van der Waals surface area contributed by atoms with Crippen LogP contribution in [0.3, 0.4) is 0 Å². The molecule has 5 rings (SSSR count). The monoisotopic (exact) mass is 392 g/mol. The van der Waals surface area contributed by atoms with Crippen molar-refractivity contribution in [2.45, 2.75) is 25.7 Å². The van der Waals surface area contributed by atoms with E-state index in [1.807, 2.05) is 13.0 Å². The van der Waals surface area contributed by atoms with Gasteiger partial charge in [-0.2, -0.15) is 10.4 Å².